The van der Waals surface area contributed by atoms with Gasteiger partial charge in [-0.3, -0.25) is 18.2 Å². The molecule has 5 aromatic heterocycles. The first-order valence-corrected chi connectivity index (χ1v) is 15.4. The number of ether oxygens (including phenoxy) is 1. The van der Waals surface area contributed by atoms with Gasteiger partial charge >= 0.3 is 5.97 Å². The van der Waals surface area contributed by atoms with Crippen molar-refractivity contribution >= 4 is 85.6 Å². The number of hydrogen-bond acceptors (Lipinski definition) is 9. The Hall–Kier alpha value is -4.10. The highest BCUT2D eigenvalue weighted by molar-refractivity contribution is 7.98. The summed E-state index contributed by atoms with van der Waals surface area (Å²) in [6.45, 7) is 2.08. The Bertz CT molecular complexity index is 2310. The van der Waals surface area contributed by atoms with Crippen LogP contribution in [0.3, 0.4) is 0 Å². The van der Waals surface area contributed by atoms with Crippen LogP contribution in [0.5, 0.6) is 0 Å². The minimum Gasteiger partial charge on any atom is -0.462 e. The quantitative estimate of drug-likeness (QED) is 0.0862. The molecule has 9 nitrogen and oxygen atoms in total. The van der Waals surface area contributed by atoms with Crippen LogP contribution in [0, 0.1) is 3.95 Å². The number of carbonyl (C=O) groups excluding carboxylic acids is 1. The van der Waals surface area contributed by atoms with Crippen LogP contribution < -0.4 is 5.56 Å². The fraction of sp³-hybridized carbons (Fsp3) is 0.103. The van der Waals surface area contributed by atoms with Crippen LogP contribution in [0.4, 0.5) is 0 Å². The highest BCUT2D eigenvalue weighted by Gasteiger charge is 2.20. The molecule has 7 rings (SSSR count). The third-order valence-corrected chi connectivity index (χ3v) is 9.16. The number of hydrogen-bond donors (Lipinski definition) is 0. The molecule has 0 saturated heterocycles. The van der Waals surface area contributed by atoms with Crippen LogP contribution in [0.15, 0.2) is 82.9 Å². The van der Waals surface area contributed by atoms with Crippen molar-refractivity contribution in [1.82, 2.24) is 28.3 Å². The molecule has 0 aliphatic carbocycles. The number of aromatic nitrogens is 6. The van der Waals surface area contributed by atoms with Crippen LogP contribution >= 0.6 is 46.9 Å². The van der Waals surface area contributed by atoms with Gasteiger partial charge in [0.2, 0.25) is 0 Å². The van der Waals surface area contributed by atoms with E-state index in [4.69, 9.17) is 38.5 Å². The van der Waals surface area contributed by atoms with Gasteiger partial charge < -0.3 is 4.74 Å². The molecule has 0 saturated carbocycles. The van der Waals surface area contributed by atoms with Crippen molar-refractivity contribution in [2.24, 2.45) is 0 Å². The molecule has 0 amide bonds. The minimum absolute atomic E-state index is 0.211. The first-order chi connectivity index (χ1) is 20.4. The largest absolute Gasteiger partial charge is 0.462 e. The zero-order valence-corrected chi connectivity index (χ0v) is 25.1. The Morgan fingerprint density at radius 1 is 1.05 bits per heavy atom. The molecule has 0 unspecified atom stereocenters. The smallest absolute Gasteiger partial charge is 0.338 e. The average molecular weight is 631 g/mol. The lowest BCUT2D eigenvalue weighted by molar-refractivity contribution is 0.0526. The van der Waals surface area contributed by atoms with E-state index in [-0.39, 0.29) is 11.5 Å². The lowest BCUT2D eigenvalue weighted by Crippen LogP contribution is -2.15. The van der Waals surface area contributed by atoms with Gasteiger partial charge in [-0.25, -0.2) is 19.7 Å². The van der Waals surface area contributed by atoms with Crippen molar-refractivity contribution in [3.05, 3.63) is 104 Å². The number of halogens is 1. The molecule has 0 aliphatic rings. The Kier molecular flexibility index (Phi) is 6.77. The van der Waals surface area contributed by atoms with Gasteiger partial charge in [0.1, 0.15) is 10.3 Å². The summed E-state index contributed by atoms with van der Waals surface area (Å²) in [5, 5.41) is 1.13. The SMILES string of the molecule is CCOC(=O)c1ccc(-n2c(=S)sc3c2nc(SCc2cc(=O)n4cc(Cl)ccc4n2)n2c4ccccc4nc32)cc1. The predicted octanol–water partition coefficient (Wildman–Crippen LogP) is 6.75. The van der Waals surface area contributed by atoms with Gasteiger partial charge in [-0.2, -0.15) is 0 Å². The number of imidazole rings is 1. The standard InChI is InChI=1S/C29H19ClN6O3S3/c1-2-39-27(38)16-7-10-19(11-8-16)35-26-24(42-29(35)40)25-32-20-5-3-4-6-21(20)36(25)28(33-26)41-15-18-13-23(37)34-14-17(30)9-12-22(34)31-18/h3-14H,2,15H2,1H3. The van der Waals surface area contributed by atoms with Crippen LogP contribution in [0.2, 0.25) is 5.02 Å². The second-order valence-corrected chi connectivity index (χ2v) is 12.3. The van der Waals surface area contributed by atoms with E-state index in [0.717, 1.165) is 27.1 Å². The van der Waals surface area contributed by atoms with E-state index in [1.807, 2.05) is 45.4 Å². The molecule has 0 N–H and O–H groups in total. The Balaban J connectivity index is 1.37. The number of benzene rings is 2. The number of rotatable bonds is 6. The lowest BCUT2D eigenvalue weighted by Gasteiger charge is -2.10. The molecular formula is C29H19ClN6O3S3. The summed E-state index contributed by atoms with van der Waals surface area (Å²) in [4.78, 5) is 39.7. The normalized spacial score (nSPS) is 11.7. The maximum atomic E-state index is 12.8. The van der Waals surface area contributed by atoms with E-state index in [0.29, 0.717) is 49.0 Å². The molecule has 208 valence electrons. The maximum Gasteiger partial charge on any atom is 0.338 e. The van der Waals surface area contributed by atoms with E-state index in [1.165, 1.54) is 33.6 Å². The number of para-hydroxylation sites is 2. The van der Waals surface area contributed by atoms with Gasteiger partial charge in [0.15, 0.2) is 20.4 Å². The molecule has 2 aromatic carbocycles. The number of nitrogens with zero attached hydrogens (tertiary/aromatic N) is 6. The van der Waals surface area contributed by atoms with Crippen molar-refractivity contribution in [3.8, 4) is 5.69 Å². The van der Waals surface area contributed by atoms with Crippen LogP contribution in [-0.4, -0.2) is 40.9 Å². The summed E-state index contributed by atoms with van der Waals surface area (Å²) in [6.07, 6.45) is 1.56. The van der Waals surface area contributed by atoms with Gasteiger partial charge in [-0.05, 0) is 67.7 Å². The molecule has 0 atom stereocenters. The first kappa shape index (κ1) is 26.8. The van der Waals surface area contributed by atoms with Crippen LogP contribution in [0.1, 0.15) is 23.0 Å². The first-order valence-electron chi connectivity index (χ1n) is 12.8. The third-order valence-electron chi connectivity index (χ3n) is 6.61. The summed E-state index contributed by atoms with van der Waals surface area (Å²) in [5.74, 6) is 0.0172. The van der Waals surface area contributed by atoms with Crippen molar-refractivity contribution in [3.63, 3.8) is 0 Å². The number of pyridine rings is 1. The second-order valence-electron chi connectivity index (χ2n) is 9.23. The molecule has 13 heteroatoms. The number of thiazole rings is 1. The van der Waals surface area contributed by atoms with E-state index >= 15 is 0 Å². The highest BCUT2D eigenvalue weighted by Crippen LogP contribution is 2.35. The fourth-order valence-corrected chi connectivity index (χ4v) is 7.16. The van der Waals surface area contributed by atoms with Gasteiger partial charge in [0.25, 0.3) is 5.56 Å². The molecule has 0 fully saturated rings. The van der Waals surface area contributed by atoms with Crippen molar-refractivity contribution in [1.29, 1.82) is 0 Å². The van der Waals surface area contributed by atoms with Gasteiger partial charge in [0, 0.05) is 23.7 Å². The molecule has 0 spiro atoms. The molecule has 7 aromatic rings. The Morgan fingerprint density at radius 3 is 2.67 bits per heavy atom. The molecule has 5 heterocycles. The van der Waals surface area contributed by atoms with Gasteiger partial charge in [0.05, 0.1) is 33.9 Å². The zero-order chi connectivity index (χ0) is 29.0. The summed E-state index contributed by atoms with van der Waals surface area (Å²) in [6, 6.07) is 19.9. The summed E-state index contributed by atoms with van der Waals surface area (Å²) in [7, 11) is 0. The van der Waals surface area contributed by atoms with Gasteiger partial charge in [-0.15, -0.1) is 0 Å². The maximum absolute atomic E-state index is 12.8. The number of fused-ring (bicyclic) bond motifs is 6. The Labute approximate surface area is 256 Å². The highest BCUT2D eigenvalue weighted by atomic mass is 35.5. The minimum atomic E-state index is -0.379. The molecule has 0 radical (unpaired) electrons. The Morgan fingerprint density at radius 2 is 1.86 bits per heavy atom. The summed E-state index contributed by atoms with van der Waals surface area (Å²) in [5.41, 5.74) is 5.28. The second kappa shape index (κ2) is 10.6. The van der Waals surface area contributed by atoms with Crippen LogP contribution in [-0.2, 0) is 10.5 Å². The lowest BCUT2D eigenvalue weighted by atomic mass is 10.2. The van der Waals surface area contributed by atoms with E-state index < -0.39 is 0 Å². The van der Waals surface area contributed by atoms with E-state index in [9.17, 15) is 9.59 Å². The number of thioether (sulfide) groups is 1. The van der Waals surface area contributed by atoms with Crippen LogP contribution in [0.25, 0.3) is 38.4 Å². The fourth-order valence-electron chi connectivity index (χ4n) is 4.75. The summed E-state index contributed by atoms with van der Waals surface area (Å²) < 4.78 is 11.9. The number of carbonyl (C=O) groups is 1. The zero-order valence-electron chi connectivity index (χ0n) is 21.9. The average Bonchev–Trinajstić information content (AvgIpc) is 3.54. The molecule has 0 bridgehead atoms. The predicted molar refractivity (Wildman–Crippen MR) is 168 cm³/mol. The van der Waals surface area contributed by atoms with Crippen molar-refractivity contribution in [2.45, 2.75) is 17.8 Å². The topological polar surface area (TPSA) is 95.8 Å². The van der Waals surface area contributed by atoms with E-state index in [2.05, 4.69) is 4.98 Å². The summed E-state index contributed by atoms with van der Waals surface area (Å²) >= 11 is 14.8. The molecule has 0 aliphatic heterocycles. The number of esters is 1. The van der Waals surface area contributed by atoms with Crippen molar-refractivity contribution < 1.29 is 9.53 Å². The third kappa shape index (κ3) is 4.56. The molecular weight excluding hydrogens is 612 g/mol. The molecule has 42 heavy (non-hydrogen) atoms. The van der Waals surface area contributed by atoms with E-state index in [1.54, 1.807) is 37.4 Å². The van der Waals surface area contributed by atoms with Gasteiger partial charge in [-0.1, -0.05) is 46.8 Å². The van der Waals surface area contributed by atoms with Crippen molar-refractivity contribution in [2.75, 3.05) is 6.61 Å². The monoisotopic (exact) mass is 630 g/mol.